The Morgan fingerprint density at radius 3 is 3.27 bits per heavy atom. The van der Waals surface area contributed by atoms with E-state index in [9.17, 15) is 0 Å². The van der Waals surface area contributed by atoms with Crippen LogP contribution in [0.5, 0.6) is 0 Å². The molecule has 0 atom stereocenters. The fraction of sp³-hybridized carbons (Fsp3) is 0. The van der Waals surface area contributed by atoms with E-state index in [0.717, 1.165) is 15.4 Å². The van der Waals surface area contributed by atoms with Crippen molar-refractivity contribution in [2.24, 2.45) is 0 Å². The summed E-state index contributed by atoms with van der Waals surface area (Å²) in [6, 6.07) is 10.8. The van der Waals surface area contributed by atoms with Crippen molar-refractivity contribution in [2.75, 3.05) is 0 Å². The molecule has 0 aliphatic rings. The van der Waals surface area contributed by atoms with Crippen LogP contribution in [0.3, 0.4) is 0 Å². The van der Waals surface area contributed by atoms with Crippen LogP contribution in [0.2, 0.25) is 0 Å². The van der Waals surface area contributed by atoms with Gasteiger partial charge in [0.25, 0.3) is 0 Å². The van der Waals surface area contributed by atoms with E-state index in [-0.39, 0.29) is 0 Å². The van der Waals surface area contributed by atoms with Crippen molar-refractivity contribution in [1.29, 1.82) is 0 Å². The molecule has 1 heterocycles. The quantitative estimate of drug-likeness (QED) is 0.647. The van der Waals surface area contributed by atoms with E-state index in [2.05, 4.69) is 27.0 Å². The summed E-state index contributed by atoms with van der Waals surface area (Å²) in [4.78, 5) is 4.20. The molecule has 0 aliphatic heterocycles. The molecule has 1 radical (unpaired) electrons. The summed E-state index contributed by atoms with van der Waals surface area (Å²) in [5.74, 6) is 0. The van der Waals surface area contributed by atoms with Crippen molar-refractivity contribution in [1.82, 2.24) is 4.98 Å². The van der Waals surface area contributed by atoms with Crippen molar-refractivity contribution >= 4 is 26.8 Å². The molecular formula is C9H5BrN. The van der Waals surface area contributed by atoms with Crippen LogP contribution >= 0.6 is 15.9 Å². The van der Waals surface area contributed by atoms with E-state index < -0.39 is 0 Å². The van der Waals surface area contributed by atoms with Gasteiger partial charge >= 0.3 is 0 Å². The van der Waals surface area contributed by atoms with E-state index >= 15 is 0 Å². The summed E-state index contributed by atoms with van der Waals surface area (Å²) in [5, 5.41) is 1.14. The summed E-state index contributed by atoms with van der Waals surface area (Å²) in [5.41, 5.74) is 0.982. The smallest absolute Gasteiger partial charge is 0.0708 e. The molecule has 0 amide bonds. The molecule has 0 saturated heterocycles. The number of aromatic nitrogens is 1. The third kappa shape index (κ3) is 1.26. The van der Waals surface area contributed by atoms with Gasteiger partial charge in [-0.05, 0) is 34.1 Å². The highest BCUT2D eigenvalue weighted by Crippen LogP contribution is 2.15. The molecule has 1 aromatic carbocycles. The summed E-state index contributed by atoms with van der Waals surface area (Å²) in [6.45, 7) is 0. The molecule has 0 fully saturated rings. The largest absolute Gasteiger partial charge is 0.255 e. The monoisotopic (exact) mass is 206 g/mol. The molecule has 1 aromatic heterocycles. The normalized spacial score (nSPS) is 10.3. The van der Waals surface area contributed by atoms with Gasteiger partial charge in [0.2, 0.25) is 0 Å². The van der Waals surface area contributed by atoms with E-state index in [1.165, 1.54) is 0 Å². The molecule has 0 saturated carbocycles. The van der Waals surface area contributed by atoms with Gasteiger partial charge in [0.15, 0.2) is 0 Å². The number of hydrogen-bond donors (Lipinski definition) is 0. The van der Waals surface area contributed by atoms with Gasteiger partial charge in [0, 0.05) is 16.1 Å². The van der Waals surface area contributed by atoms with E-state index in [1.54, 1.807) is 6.20 Å². The SMILES string of the molecule is Brc1cnc2c[c]ccc2c1. The van der Waals surface area contributed by atoms with E-state index in [4.69, 9.17) is 0 Å². The maximum absolute atomic E-state index is 4.20. The Morgan fingerprint density at radius 2 is 2.36 bits per heavy atom. The predicted molar refractivity (Wildman–Crippen MR) is 48.3 cm³/mol. The Morgan fingerprint density at radius 1 is 1.45 bits per heavy atom. The van der Waals surface area contributed by atoms with Gasteiger partial charge in [-0.1, -0.05) is 12.1 Å². The first-order valence-corrected chi connectivity index (χ1v) is 4.07. The van der Waals surface area contributed by atoms with Crippen LogP contribution in [0.25, 0.3) is 10.9 Å². The Labute approximate surface area is 73.2 Å². The van der Waals surface area contributed by atoms with Crippen LogP contribution in [0.4, 0.5) is 0 Å². The fourth-order valence-corrected chi connectivity index (χ4v) is 1.33. The van der Waals surface area contributed by atoms with Crippen LogP contribution in [0.15, 0.2) is 34.9 Å². The summed E-state index contributed by atoms with van der Waals surface area (Å²) < 4.78 is 1.01. The molecule has 11 heavy (non-hydrogen) atoms. The third-order valence-electron chi connectivity index (χ3n) is 1.50. The maximum atomic E-state index is 4.20. The minimum absolute atomic E-state index is 0.982. The lowest BCUT2D eigenvalue weighted by atomic mass is 10.2. The van der Waals surface area contributed by atoms with E-state index in [1.807, 2.05) is 24.3 Å². The average Bonchev–Trinajstić information content (AvgIpc) is 2.04. The van der Waals surface area contributed by atoms with E-state index in [0.29, 0.717) is 0 Å². The van der Waals surface area contributed by atoms with Gasteiger partial charge in [-0.2, -0.15) is 0 Å². The van der Waals surface area contributed by atoms with Gasteiger partial charge in [0.1, 0.15) is 0 Å². The number of hydrogen-bond acceptors (Lipinski definition) is 1. The number of benzene rings is 1. The minimum atomic E-state index is 0.982. The Kier molecular flexibility index (Phi) is 1.62. The standard InChI is InChI=1S/C9H5BrN/c10-8-5-7-3-1-2-4-9(7)11-6-8/h1,3-6H. The zero-order valence-electron chi connectivity index (χ0n) is 5.71. The number of rotatable bonds is 0. The van der Waals surface area contributed by atoms with Gasteiger partial charge < -0.3 is 0 Å². The second-order valence-corrected chi connectivity index (χ2v) is 3.19. The van der Waals surface area contributed by atoms with Crippen molar-refractivity contribution in [3.8, 4) is 0 Å². The second-order valence-electron chi connectivity index (χ2n) is 2.27. The van der Waals surface area contributed by atoms with Gasteiger partial charge in [-0.3, -0.25) is 4.98 Å². The minimum Gasteiger partial charge on any atom is -0.255 e. The molecule has 2 rings (SSSR count). The number of pyridine rings is 1. The zero-order valence-corrected chi connectivity index (χ0v) is 7.30. The highest BCUT2D eigenvalue weighted by molar-refractivity contribution is 9.10. The first kappa shape index (κ1) is 6.80. The van der Waals surface area contributed by atoms with Crippen LogP contribution < -0.4 is 0 Å². The molecule has 0 N–H and O–H groups in total. The Bertz CT molecular complexity index is 384. The lowest BCUT2D eigenvalue weighted by Crippen LogP contribution is -1.76. The van der Waals surface area contributed by atoms with Crippen LogP contribution in [-0.4, -0.2) is 4.98 Å². The first-order valence-electron chi connectivity index (χ1n) is 3.27. The molecule has 0 spiro atoms. The van der Waals surface area contributed by atoms with Gasteiger partial charge in [0.05, 0.1) is 5.52 Å². The molecule has 0 unspecified atom stereocenters. The summed E-state index contributed by atoms with van der Waals surface area (Å²) in [6.07, 6.45) is 1.79. The molecule has 0 bridgehead atoms. The fourth-order valence-electron chi connectivity index (χ4n) is 0.985. The van der Waals surface area contributed by atoms with Crippen LogP contribution in [0.1, 0.15) is 0 Å². The predicted octanol–water partition coefficient (Wildman–Crippen LogP) is 2.80. The van der Waals surface area contributed by atoms with Gasteiger partial charge in [-0.25, -0.2) is 0 Å². The molecule has 1 nitrogen and oxygen atoms in total. The summed E-state index contributed by atoms with van der Waals surface area (Å²) >= 11 is 3.36. The van der Waals surface area contributed by atoms with Crippen molar-refractivity contribution < 1.29 is 0 Å². The molecule has 53 valence electrons. The average molecular weight is 207 g/mol. The molecule has 2 aromatic rings. The Hall–Kier alpha value is -0.890. The van der Waals surface area contributed by atoms with Crippen molar-refractivity contribution in [3.63, 3.8) is 0 Å². The third-order valence-corrected chi connectivity index (χ3v) is 1.93. The number of halogens is 1. The highest BCUT2D eigenvalue weighted by Gasteiger charge is 1.92. The molecular weight excluding hydrogens is 202 g/mol. The second kappa shape index (κ2) is 2.62. The lowest BCUT2D eigenvalue weighted by molar-refractivity contribution is 1.39. The number of fused-ring (bicyclic) bond motifs is 1. The molecule has 2 heteroatoms. The van der Waals surface area contributed by atoms with Gasteiger partial charge in [-0.15, -0.1) is 0 Å². The van der Waals surface area contributed by atoms with Crippen LogP contribution in [-0.2, 0) is 0 Å². The highest BCUT2D eigenvalue weighted by atomic mass is 79.9. The Balaban J connectivity index is 2.83. The zero-order chi connectivity index (χ0) is 7.68. The number of nitrogens with zero attached hydrogens (tertiary/aromatic N) is 1. The topological polar surface area (TPSA) is 12.9 Å². The molecule has 0 aliphatic carbocycles. The maximum Gasteiger partial charge on any atom is 0.0708 e. The van der Waals surface area contributed by atoms with Crippen molar-refractivity contribution in [2.45, 2.75) is 0 Å². The lowest BCUT2D eigenvalue weighted by Gasteiger charge is -1.94. The first-order chi connectivity index (χ1) is 5.36. The van der Waals surface area contributed by atoms with Crippen LogP contribution in [0, 0.1) is 6.07 Å². The summed E-state index contributed by atoms with van der Waals surface area (Å²) in [7, 11) is 0. The van der Waals surface area contributed by atoms with Crippen molar-refractivity contribution in [3.05, 3.63) is 41.0 Å².